The SMILES string of the molecule is C=CS(=O)(=O)N1CC2CN(C(=O)CNc3cc(I)c(Cl)cc3OC)CC2C1. The molecular formula is C17H21ClIN3O4S. The molecular weight excluding hydrogens is 505 g/mol. The number of rotatable bonds is 6. The van der Waals surface area contributed by atoms with Crippen molar-refractivity contribution in [1.29, 1.82) is 0 Å². The molecule has 27 heavy (non-hydrogen) atoms. The second-order valence-corrected chi connectivity index (χ2v) is 10.1. The molecule has 10 heteroatoms. The van der Waals surface area contributed by atoms with E-state index in [4.69, 9.17) is 16.3 Å². The van der Waals surface area contributed by atoms with Gasteiger partial charge in [-0.15, -0.1) is 0 Å². The molecule has 2 heterocycles. The zero-order valence-corrected chi connectivity index (χ0v) is 18.6. The van der Waals surface area contributed by atoms with Gasteiger partial charge in [0, 0.05) is 41.2 Å². The number of carbonyl (C=O) groups is 1. The monoisotopic (exact) mass is 525 g/mol. The van der Waals surface area contributed by atoms with Crippen LogP contribution in [0.25, 0.3) is 0 Å². The molecule has 1 aromatic carbocycles. The Hall–Kier alpha value is -1.04. The van der Waals surface area contributed by atoms with Gasteiger partial charge in [0.15, 0.2) is 0 Å². The summed E-state index contributed by atoms with van der Waals surface area (Å²) in [6.45, 7) is 5.55. The minimum absolute atomic E-state index is 0.0189. The molecule has 2 aliphatic rings. The third kappa shape index (κ3) is 4.36. The van der Waals surface area contributed by atoms with Crippen LogP contribution in [0.3, 0.4) is 0 Å². The zero-order chi connectivity index (χ0) is 19.8. The topological polar surface area (TPSA) is 79.0 Å². The van der Waals surface area contributed by atoms with Crippen LogP contribution in [0.5, 0.6) is 5.75 Å². The summed E-state index contributed by atoms with van der Waals surface area (Å²) >= 11 is 8.22. The highest BCUT2D eigenvalue weighted by Crippen LogP contribution is 2.34. The molecule has 3 rings (SSSR count). The summed E-state index contributed by atoms with van der Waals surface area (Å²) in [7, 11) is -1.83. The number of methoxy groups -OCH3 is 1. The number of halogens is 2. The Kier molecular flexibility index (Phi) is 6.24. The van der Waals surface area contributed by atoms with Crippen LogP contribution < -0.4 is 10.1 Å². The van der Waals surface area contributed by atoms with Gasteiger partial charge in [-0.1, -0.05) is 18.2 Å². The molecule has 0 radical (unpaired) electrons. The number of ether oxygens (including phenoxy) is 1. The van der Waals surface area contributed by atoms with E-state index in [0.29, 0.717) is 42.6 Å². The lowest BCUT2D eigenvalue weighted by molar-refractivity contribution is -0.128. The van der Waals surface area contributed by atoms with E-state index in [1.165, 1.54) is 4.31 Å². The van der Waals surface area contributed by atoms with Gasteiger partial charge in [0.1, 0.15) is 5.75 Å². The fraction of sp³-hybridized carbons (Fsp3) is 0.471. The Balaban J connectivity index is 1.57. The summed E-state index contributed by atoms with van der Waals surface area (Å²) in [5.41, 5.74) is 0.710. The number of likely N-dealkylation sites (tertiary alicyclic amines) is 1. The van der Waals surface area contributed by atoms with Gasteiger partial charge in [-0.3, -0.25) is 4.79 Å². The molecule has 0 bridgehead atoms. The molecule has 7 nitrogen and oxygen atoms in total. The van der Waals surface area contributed by atoms with E-state index >= 15 is 0 Å². The van der Waals surface area contributed by atoms with E-state index < -0.39 is 10.0 Å². The first-order valence-corrected chi connectivity index (χ1v) is 11.4. The summed E-state index contributed by atoms with van der Waals surface area (Å²) in [6.07, 6.45) is 0. The van der Waals surface area contributed by atoms with E-state index in [2.05, 4.69) is 34.5 Å². The van der Waals surface area contributed by atoms with Gasteiger partial charge in [0.05, 0.1) is 24.4 Å². The second kappa shape index (κ2) is 8.14. The first kappa shape index (κ1) is 20.7. The summed E-state index contributed by atoms with van der Waals surface area (Å²) in [4.78, 5) is 14.4. The van der Waals surface area contributed by atoms with Gasteiger partial charge in [-0.05, 0) is 40.5 Å². The van der Waals surface area contributed by atoms with Crippen LogP contribution in [-0.2, 0) is 14.8 Å². The minimum atomic E-state index is -3.38. The highest BCUT2D eigenvalue weighted by Gasteiger charge is 2.44. The molecule has 2 atom stereocenters. The van der Waals surface area contributed by atoms with Crippen LogP contribution >= 0.6 is 34.2 Å². The number of nitrogens with zero attached hydrogens (tertiary/aromatic N) is 2. The van der Waals surface area contributed by atoms with Gasteiger partial charge in [0.25, 0.3) is 0 Å². The zero-order valence-electron chi connectivity index (χ0n) is 14.8. The summed E-state index contributed by atoms with van der Waals surface area (Å²) < 4.78 is 31.5. The fourth-order valence-electron chi connectivity index (χ4n) is 3.59. The molecule has 0 saturated carbocycles. The summed E-state index contributed by atoms with van der Waals surface area (Å²) in [6, 6.07) is 3.55. The number of hydrogen-bond donors (Lipinski definition) is 1. The molecule has 2 saturated heterocycles. The smallest absolute Gasteiger partial charge is 0.241 e. The quantitative estimate of drug-likeness (QED) is 0.577. The van der Waals surface area contributed by atoms with Crippen LogP contribution in [-0.4, -0.2) is 63.4 Å². The fourth-order valence-corrected chi connectivity index (χ4v) is 5.22. The highest BCUT2D eigenvalue weighted by atomic mass is 127. The molecule has 0 spiro atoms. The maximum atomic E-state index is 12.6. The van der Waals surface area contributed by atoms with Crippen molar-refractivity contribution in [2.45, 2.75) is 0 Å². The van der Waals surface area contributed by atoms with Crippen LogP contribution in [0.2, 0.25) is 5.02 Å². The molecule has 1 amide bonds. The summed E-state index contributed by atoms with van der Waals surface area (Å²) in [5.74, 6) is 0.913. The van der Waals surface area contributed by atoms with Gasteiger partial charge in [0.2, 0.25) is 15.9 Å². The van der Waals surface area contributed by atoms with Crippen molar-refractivity contribution in [2.24, 2.45) is 11.8 Å². The average Bonchev–Trinajstić information content (AvgIpc) is 3.21. The van der Waals surface area contributed by atoms with Crippen molar-refractivity contribution in [3.63, 3.8) is 0 Å². The van der Waals surface area contributed by atoms with Crippen molar-refractivity contribution in [3.8, 4) is 5.75 Å². The van der Waals surface area contributed by atoms with Crippen LogP contribution in [0.4, 0.5) is 5.69 Å². The summed E-state index contributed by atoms with van der Waals surface area (Å²) in [5, 5.41) is 4.70. The Bertz CT molecular complexity index is 850. The number of fused-ring (bicyclic) bond motifs is 1. The van der Waals surface area contributed by atoms with E-state index in [-0.39, 0.29) is 24.3 Å². The lowest BCUT2D eigenvalue weighted by Gasteiger charge is -2.21. The lowest BCUT2D eigenvalue weighted by Crippen LogP contribution is -2.37. The standard InChI is InChI=1S/C17H21ClIN3O4S/c1-3-27(24,25)22-9-11-7-21(8-12(11)10-22)17(23)6-20-15-5-14(19)13(18)4-16(15)26-2/h3-5,11-12,20H,1,6-10H2,2H3. The minimum Gasteiger partial charge on any atom is -0.495 e. The molecule has 1 N–H and O–H groups in total. The number of nitrogens with one attached hydrogen (secondary N) is 1. The lowest BCUT2D eigenvalue weighted by atomic mass is 10.0. The molecule has 2 aliphatic heterocycles. The van der Waals surface area contributed by atoms with E-state index in [0.717, 1.165) is 8.98 Å². The second-order valence-electron chi connectivity index (χ2n) is 6.67. The number of carbonyl (C=O) groups excluding carboxylic acids is 1. The Labute approximate surface area is 177 Å². The van der Waals surface area contributed by atoms with E-state index in [1.807, 2.05) is 6.07 Å². The molecule has 1 aromatic rings. The average molecular weight is 526 g/mol. The maximum absolute atomic E-state index is 12.6. The van der Waals surface area contributed by atoms with E-state index in [9.17, 15) is 13.2 Å². The first-order chi connectivity index (χ1) is 12.7. The number of sulfonamides is 1. The molecule has 2 fully saturated rings. The van der Waals surface area contributed by atoms with Crippen LogP contribution in [0.1, 0.15) is 0 Å². The molecule has 0 aromatic heterocycles. The van der Waals surface area contributed by atoms with Crippen LogP contribution in [0.15, 0.2) is 24.1 Å². The normalized spacial score (nSPS) is 22.6. The van der Waals surface area contributed by atoms with Crippen molar-refractivity contribution in [3.05, 3.63) is 32.7 Å². The largest absolute Gasteiger partial charge is 0.495 e. The molecule has 0 aliphatic carbocycles. The predicted octanol–water partition coefficient (Wildman–Crippen LogP) is 2.23. The van der Waals surface area contributed by atoms with Gasteiger partial charge >= 0.3 is 0 Å². The molecule has 148 valence electrons. The van der Waals surface area contributed by atoms with Crippen molar-refractivity contribution in [2.75, 3.05) is 45.2 Å². The Morgan fingerprint density at radius 3 is 2.56 bits per heavy atom. The van der Waals surface area contributed by atoms with Crippen LogP contribution in [0, 0.1) is 15.4 Å². The highest BCUT2D eigenvalue weighted by molar-refractivity contribution is 14.1. The van der Waals surface area contributed by atoms with Gasteiger partial charge < -0.3 is 15.0 Å². The first-order valence-electron chi connectivity index (χ1n) is 8.42. The number of anilines is 1. The van der Waals surface area contributed by atoms with E-state index in [1.54, 1.807) is 18.1 Å². The Morgan fingerprint density at radius 1 is 1.37 bits per heavy atom. The van der Waals surface area contributed by atoms with Crippen molar-refractivity contribution >= 4 is 55.8 Å². The van der Waals surface area contributed by atoms with Crippen molar-refractivity contribution < 1.29 is 17.9 Å². The predicted molar refractivity (Wildman–Crippen MR) is 113 cm³/mol. The van der Waals surface area contributed by atoms with Gasteiger partial charge in [-0.25, -0.2) is 8.42 Å². The number of amides is 1. The van der Waals surface area contributed by atoms with Crippen molar-refractivity contribution in [1.82, 2.24) is 9.21 Å². The third-order valence-electron chi connectivity index (χ3n) is 5.05. The third-order valence-corrected chi connectivity index (χ3v) is 8.01. The number of benzene rings is 1. The Morgan fingerprint density at radius 2 is 2.00 bits per heavy atom. The maximum Gasteiger partial charge on any atom is 0.241 e. The molecule has 2 unspecified atom stereocenters. The van der Waals surface area contributed by atoms with Gasteiger partial charge in [-0.2, -0.15) is 4.31 Å². The number of hydrogen-bond acceptors (Lipinski definition) is 5.